The first kappa shape index (κ1) is 21.1. The standard InChI is InChI=1S/C24H25ClN6S/c1-15(2)17-5-7-18(8-6-17)19-16(3)32-22-20(19)21(28-23(25)29-22)30-11-13-31(14-12-30)24-26-9-4-10-27-24/h4-10,15H,11-14H2,1-3H3. The summed E-state index contributed by atoms with van der Waals surface area (Å²) in [7, 11) is 0. The first-order valence-corrected chi connectivity index (χ1v) is 12.0. The fourth-order valence-corrected chi connectivity index (χ4v) is 5.51. The largest absolute Gasteiger partial charge is 0.352 e. The van der Waals surface area contributed by atoms with Gasteiger partial charge in [-0.2, -0.15) is 4.98 Å². The Balaban J connectivity index is 1.52. The van der Waals surface area contributed by atoms with Crippen LogP contribution in [0.1, 0.15) is 30.2 Å². The highest BCUT2D eigenvalue weighted by atomic mass is 35.5. The van der Waals surface area contributed by atoms with Crippen molar-refractivity contribution in [2.45, 2.75) is 26.7 Å². The number of benzene rings is 1. The minimum Gasteiger partial charge on any atom is -0.352 e. The highest BCUT2D eigenvalue weighted by molar-refractivity contribution is 7.19. The van der Waals surface area contributed by atoms with Crippen molar-refractivity contribution in [3.05, 3.63) is 58.4 Å². The van der Waals surface area contributed by atoms with Gasteiger partial charge in [-0.25, -0.2) is 15.0 Å². The molecule has 0 bridgehead atoms. The lowest BCUT2D eigenvalue weighted by atomic mass is 9.97. The van der Waals surface area contributed by atoms with E-state index in [9.17, 15) is 0 Å². The lowest BCUT2D eigenvalue weighted by Crippen LogP contribution is -2.47. The van der Waals surface area contributed by atoms with Gasteiger partial charge in [0.05, 0.1) is 5.39 Å². The zero-order valence-corrected chi connectivity index (χ0v) is 20.0. The Morgan fingerprint density at radius 1 is 0.938 bits per heavy atom. The van der Waals surface area contributed by atoms with Crippen LogP contribution in [0.3, 0.4) is 0 Å². The van der Waals surface area contributed by atoms with E-state index in [1.165, 1.54) is 21.6 Å². The van der Waals surface area contributed by atoms with E-state index < -0.39 is 0 Å². The Hall–Kier alpha value is -2.77. The summed E-state index contributed by atoms with van der Waals surface area (Å²) in [6.07, 6.45) is 3.57. The second-order valence-corrected chi connectivity index (χ2v) is 9.87. The molecule has 1 aromatic carbocycles. The van der Waals surface area contributed by atoms with Crippen LogP contribution >= 0.6 is 22.9 Å². The van der Waals surface area contributed by atoms with Gasteiger partial charge in [-0.1, -0.05) is 38.1 Å². The molecular weight excluding hydrogens is 440 g/mol. The Morgan fingerprint density at radius 3 is 2.25 bits per heavy atom. The maximum atomic E-state index is 6.36. The fraction of sp³-hybridized carbons (Fsp3) is 0.333. The predicted octanol–water partition coefficient (Wildman–Crippen LogP) is 5.56. The Labute approximate surface area is 196 Å². The van der Waals surface area contributed by atoms with Gasteiger partial charge in [-0.3, -0.25) is 0 Å². The van der Waals surface area contributed by atoms with E-state index in [0.717, 1.165) is 48.2 Å². The molecule has 0 atom stereocenters. The number of hydrogen-bond acceptors (Lipinski definition) is 7. The number of nitrogens with zero attached hydrogens (tertiary/aromatic N) is 6. The van der Waals surface area contributed by atoms with E-state index in [1.54, 1.807) is 23.7 Å². The molecule has 32 heavy (non-hydrogen) atoms. The Morgan fingerprint density at radius 2 is 1.59 bits per heavy atom. The Kier molecular flexibility index (Phi) is 5.69. The summed E-state index contributed by atoms with van der Waals surface area (Å²) >= 11 is 8.04. The van der Waals surface area contributed by atoms with E-state index in [-0.39, 0.29) is 0 Å². The summed E-state index contributed by atoms with van der Waals surface area (Å²) in [4.78, 5) is 24.7. The SMILES string of the molecule is Cc1sc2nc(Cl)nc(N3CCN(c4ncccn4)CC3)c2c1-c1ccc(C(C)C)cc1. The monoisotopic (exact) mass is 464 g/mol. The summed E-state index contributed by atoms with van der Waals surface area (Å²) in [5, 5.41) is 1.39. The van der Waals surface area contributed by atoms with Crippen LogP contribution in [0.4, 0.5) is 11.8 Å². The first-order valence-electron chi connectivity index (χ1n) is 10.8. The molecule has 0 unspecified atom stereocenters. The molecule has 8 heteroatoms. The van der Waals surface area contributed by atoms with E-state index in [2.05, 4.69) is 69.8 Å². The molecule has 0 amide bonds. The van der Waals surface area contributed by atoms with Crippen LogP contribution in [0.15, 0.2) is 42.7 Å². The quantitative estimate of drug-likeness (QED) is 0.368. The van der Waals surface area contributed by atoms with E-state index in [0.29, 0.717) is 11.2 Å². The highest BCUT2D eigenvalue weighted by Crippen LogP contribution is 2.42. The van der Waals surface area contributed by atoms with Gasteiger partial charge in [0.25, 0.3) is 0 Å². The van der Waals surface area contributed by atoms with Crippen LogP contribution in [-0.4, -0.2) is 46.1 Å². The van der Waals surface area contributed by atoms with Gasteiger partial charge in [0.15, 0.2) is 0 Å². The Bertz CT molecular complexity index is 1230. The molecule has 6 nitrogen and oxygen atoms in total. The van der Waals surface area contributed by atoms with Gasteiger partial charge in [-0.05, 0) is 41.6 Å². The highest BCUT2D eigenvalue weighted by Gasteiger charge is 2.25. The van der Waals surface area contributed by atoms with Crippen LogP contribution in [0.5, 0.6) is 0 Å². The normalized spacial score (nSPS) is 14.5. The van der Waals surface area contributed by atoms with Gasteiger partial charge in [0, 0.05) is 49.0 Å². The van der Waals surface area contributed by atoms with Gasteiger partial charge in [0.1, 0.15) is 10.6 Å². The zero-order chi connectivity index (χ0) is 22.2. The van der Waals surface area contributed by atoms with E-state index in [4.69, 9.17) is 16.6 Å². The smallest absolute Gasteiger partial charge is 0.225 e. The van der Waals surface area contributed by atoms with Crippen LogP contribution in [-0.2, 0) is 0 Å². The van der Waals surface area contributed by atoms with Crippen LogP contribution in [0.2, 0.25) is 5.28 Å². The summed E-state index contributed by atoms with van der Waals surface area (Å²) < 4.78 is 0. The van der Waals surface area contributed by atoms with Crippen molar-refractivity contribution in [3.8, 4) is 11.1 Å². The predicted molar refractivity (Wildman–Crippen MR) is 133 cm³/mol. The average Bonchev–Trinajstić information content (AvgIpc) is 3.14. The summed E-state index contributed by atoms with van der Waals surface area (Å²) in [5.74, 6) is 2.20. The topological polar surface area (TPSA) is 58.0 Å². The van der Waals surface area contributed by atoms with E-state index >= 15 is 0 Å². The number of hydrogen-bond donors (Lipinski definition) is 0. The average molecular weight is 465 g/mol. The van der Waals surface area contributed by atoms with Crippen molar-refractivity contribution in [3.63, 3.8) is 0 Å². The maximum Gasteiger partial charge on any atom is 0.225 e. The second kappa shape index (κ2) is 8.64. The number of piperazine rings is 1. The molecule has 0 saturated carbocycles. The summed E-state index contributed by atoms with van der Waals surface area (Å²) in [6.45, 7) is 9.88. The van der Waals surface area contributed by atoms with Crippen molar-refractivity contribution in [1.29, 1.82) is 0 Å². The number of anilines is 2. The van der Waals surface area contributed by atoms with Crippen LogP contribution in [0, 0.1) is 6.92 Å². The minimum atomic E-state index is 0.296. The van der Waals surface area contributed by atoms with Gasteiger partial charge in [0.2, 0.25) is 11.2 Å². The minimum absolute atomic E-state index is 0.296. The third-order valence-corrected chi connectivity index (χ3v) is 7.13. The number of aryl methyl sites for hydroxylation is 1. The molecule has 164 valence electrons. The number of halogens is 1. The first-order chi connectivity index (χ1) is 15.5. The summed E-state index contributed by atoms with van der Waals surface area (Å²) in [5.41, 5.74) is 3.74. The van der Waals surface area contributed by atoms with Crippen molar-refractivity contribution < 1.29 is 0 Å². The zero-order valence-electron chi connectivity index (χ0n) is 18.4. The number of rotatable bonds is 4. The van der Waals surface area contributed by atoms with Crippen molar-refractivity contribution >= 4 is 44.9 Å². The molecule has 0 aliphatic carbocycles. The van der Waals surface area contributed by atoms with Crippen molar-refractivity contribution in [1.82, 2.24) is 19.9 Å². The molecule has 1 aliphatic rings. The van der Waals surface area contributed by atoms with Gasteiger partial charge >= 0.3 is 0 Å². The van der Waals surface area contributed by atoms with Gasteiger partial charge in [-0.15, -0.1) is 11.3 Å². The number of fused-ring (bicyclic) bond motifs is 1. The van der Waals surface area contributed by atoms with Gasteiger partial charge < -0.3 is 9.80 Å². The molecule has 1 saturated heterocycles. The van der Waals surface area contributed by atoms with E-state index in [1.807, 2.05) is 6.07 Å². The molecule has 0 radical (unpaired) electrons. The molecule has 0 spiro atoms. The molecule has 5 rings (SSSR count). The number of thiophene rings is 1. The molecule has 1 fully saturated rings. The van der Waals surface area contributed by atoms with Crippen LogP contribution in [0.25, 0.3) is 21.3 Å². The molecule has 3 aromatic heterocycles. The molecule has 4 aromatic rings. The van der Waals surface area contributed by atoms with Crippen molar-refractivity contribution in [2.24, 2.45) is 0 Å². The maximum absolute atomic E-state index is 6.36. The molecular formula is C24H25ClN6S. The lowest BCUT2D eigenvalue weighted by Gasteiger charge is -2.35. The van der Waals surface area contributed by atoms with Crippen molar-refractivity contribution in [2.75, 3.05) is 36.0 Å². The fourth-order valence-electron chi connectivity index (χ4n) is 4.25. The third kappa shape index (κ3) is 3.91. The molecule has 4 heterocycles. The molecule has 0 N–H and O–H groups in total. The second-order valence-electron chi connectivity index (χ2n) is 8.33. The lowest BCUT2D eigenvalue weighted by molar-refractivity contribution is 0.636. The summed E-state index contributed by atoms with van der Waals surface area (Å²) in [6, 6.07) is 10.7. The third-order valence-electron chi connectivity index (χ3n) is 5.96. The van der Waals surface area contributed by atoms with Crippen LogP contribution < -0.4 is 9.80 Å². The molecule has 1 aliphatic heterocycles. The number of aromatic nitrogens is 4.